The van der Waals surface area contributed by atoms with Crippen LogP contribution in [0.5, 0.6) is 11.5 Å². The van der Waals surface area contributed by atoms with E-state index in [9.17, 15) is 5.11 Å². The molecular weight excluding hydrogens is 248 g/mol. The van der Waals surface area contributed by atoms with Crippen LogP contribution in [0.15, 0.2) is 30.3 Å². The van der Waals surface area contributed by atoms with Crippen molar-refractivity contribution in [3.8, 4) is 22.6 Å². The Morgan fingerprint density at radius 1 is 1.10 bits per heavy atom. The summed E-state index contributed by atoms with van der Waals surface area (Å²) >= 11 is 0. The minimum atomic E-state index is 0.344. The number of aryl methyl sites for hydroxylation is 1. The van der Waals surface area contributed by atoms with Crippen molar-refractivity contribution in [3.05, 3.63) is 47.0 Å². The molecule has 0 atom stereocenters. The van der Waals surface area contributed by atoms with Crippen LogP contribution < -0.4 is 4.74 Å². The number of phenolic OH excluding ortho intramolecular Hbond substituents is 1. The molecule has 2 heteroatoms. The van der Waals surface area contributed by atoms with Crippen LogP contribution in [-0.2, 0) is 0 Å². The van der Waals surface area contributed by atoms with Crippen molar-refractivity contribution in [1.82, 2.24) is 0 Å². The largest absolute Gasteiger partial charge is 0.507 e. The first-order valence-corrected chi connectivity index (χ1v) is 6.93. The summed E-state index contributed by atoms with van der Waals surface area (Å²) in [5.74, 6) is 1.56. The van der Waals surface area contributed by atoms with Gasteiger partial charge in [0, 0.05) is 11.1 Å². The molecule has 0 aromatic heterocycles. The van der Waals surface area contributed by atoms with Crippen molar-refractivity contribution in [3.63, 3.8) is 0 Å². The smallest absolute Gasteiger partial charge is 0.126 e. The number of aromatic hydroxyl groups is 1. The van der Waals surface area contributed by atoms with Gasteiger partial charge in [-0.2, -0.15) is 0 Å². The van der Waals surface area contributed by atoms with Crippen molar-refractivity contribution in [2.45, 2.75) is 33.6 Å². The molecule has 0 heterocycles. The zero-order valence-electron chi connectivity index (χ0n) is 12.8. The summed E-state index contributed by atoms with van der Waals surface area (Å²) in [5, 5.41) is 10.5. The Morgan fingerprint density at radius 2 is 1.75 bits per heavy atom. The lowest BCUT2D eigenvalue weighted by Gasteiger charge is -2.19. The Morgan fingerprint density at radius 3 is 2.35 bits per heavy atom. The lowest BCUT2D eigenvalue weighted by molar-refractivity contribution is 0.408. The van der Waals surface area contributed by atoms with Gasteiger partial charge in [0.1, 0.15) is 11.5 Å². The summed E-state index contributed by atoms with van der Waals surface area (Å²) in [6.07, 6.45) is 0. The molecule has 0 unspecified atom stereocenters. The van der Waals surface area contributed by atoms with Crippen molar-refractivity contribution in [2.75, 3.05) is 7.11 Å². The maximum absolute atomic E-state index is 10.5. The number of benzene rings is 2. The van der Waals surface area contributed by atoms with Crippen LogP contribution in [-0.4, -0.2) is 12.2 Å². The molecule has 0 aliphatic heterocycles. The number of hydrogen-bond acceptors (Lipinski definition) is 2. The van der Waals surface area contributed by atoms with E-state index in [1.54, 1.807) is 7.11 Å². The molecule has 0 spiro atoms. The molecule has 2 nitrogen and oxygen atoms in total. The normalized spacial score (nSPS) is 10.9. The fourth-order valence-corrected chi connectivity index (χ4v) is 2.64. The second kappa shape index (κ2) is 5.58. The lowest BCUT2D eigenvalue weighted by Crippen LogP contribution is -1.97. The Bertz CT molecular complexity index is 628. The molecule has 0 aliphatic rings. The molecule has 106 valence electrons. The highest BCUT2D eigenvalue weighted by Crippen LogP contribution is 2.42. The van der Waals surface area contributed by atoms with E-state index in [4.69, 9.17) is 4.74 Å². The number of phenols is 1. The summed E-state index contributed by atoms with van der Waals surface area (Å²) < 4.78 is 5.43. The first-order chi connectivity index (χ1) is 9.47. The van der Waals surface area contributed by atoms with Crippen LogP contribution in [0.1, 0.15) is 36.5 Å². The van der Waals surface area contributed by atoms with Crippen molar-refractivity contribution in [2.24, 2.45) is 0 Å². The predicted octanol–water partition coefficient (Wildman–Crippen LogP) is 4.81. The van der Waals surface area contributed by atoms with E-state index in [1.807, 2.05) is 32.0 Å². The SMILES string of the molecule is COc1cc(C)c(O)c(-c2ccccc2C(C)C)c1C. The minimum absolute atomic E-state index is 0.344. The molecule has 2 rings (SSSR count). The third-order valence-electron chi connectivity index (χ3n) is 3.77. The Balaban J connectivity index is 2.79. The molecular formula is C18H22O2. The molecule has 0 fully saturated rings. The molecule has 2 aromatic carbocycles. The molecule has 20 heavy (non-hydrogen) atoms. The second-order valence-corrected chi connectivity index (χ2v) is 5.49. The van der Waals surface area contributed by atoms with E-state index >= 15 is 0 Å². The number of hydrogen-bond donors (Lipinski definition) is 1. The zero-order valence-corrected chi connectivity index (χ0v) is 12.8. The van der Waals surface area contributed by atoms with Crippen molar-refractivity contribution in [1.29, 1.82) is 0 Å². The topological polar surface area (TPSA) is 29.5 Å². The van der Waals surface area contributed by atoms with E-state index in [-0.39, 0.29) is 0 Å². The molecule has 0 aliphatic carbocycles. The van der Waals surface area contributed by atoms with Gasteiger partial charge in [-0.3, -0.25) is 0 Å². The molecule has 2 aromatic rings. The van der Waals surface area contributed by atoms with E-state index < -0.39 is 0 Å². The van der Waals surface area contributed by atoms with Gasteiger partial charge in [-0.1, -0.05) is 38.1 Å². The summed E-state index contributed by atoms with van der Waals surface area (Å²) in [7, 11) is 1.66. The molecule has 0 radical (unpaired) electrons. The van der Waals surface area contributed by atoms with Crippen LogP contribution in [0.4, 0.5) is 0 Å². The Labute approximate surface area is 121 Å². The third kappa shape index (κ3) is 2.38. The monoisotopic (exact) mass is 270 g/mol. The van der Waals surface area contributed by atoms with Gasteiger partial charge < -0.3 is 9.84 Å². The maximum Gasteiger partial charge on any atom is 0.126 e. The van der Waals surface area contributed by atoms with Crippen LogP contribution in [0.3, 0.4) is 0 Å². The van der Waals surface area contributed by atoms with E-state index in [2.05, 4.69) is 26.0 Å². The minimum Gasteiger partial charge on any atom is -0.507 e. The van der Waals surface area contributed by atoms with Gasteiger partial charge in [0.25, 0.3) is 0 Å². The van der Waals surface area contributed by atoms with E-state index in [0.29, 0.717) is 11.7 Å². The number of rotatable bonds is 3. The second-order valence-electron chi connectivity index (χ2n) is 5.49. The quantitative estimate of drug-likeness (QED) is 0.867. The summed E-state index contributed by atoms with van der Waals surface area (Å²) in [6, 6.07) is 10.1. The highest BCUT2D eigenvalue weighted by Gasteiger charge is 2.18. The van der Waals surface area contributed by atoms with Gasteiger partial charge in [-0.15, -0.1) is 0 Å². The van der Waals surface area contributed by atoms with Crippen LogP contribution in [0.25, 0.3) is 11.1 Å². The van der Waals surface area contributed by atoms with Gasteiger partial charge in [0.15, 0.2) is 0 Å². The molecule has 0 bridgehead atoms. The maximum atomic E-state index is 10.5. The summed E-state index contributed by atoms with van der Waals surface area (Å²) in [4.78, 5) is 0. The van der Waals surface area contributed by atoms with Crippen molar-refractivity contribution < 1.29 is 9.84 Å². The molecule has 0 saturated heterocycles. The van der Waals surface area contributed by atoms with Gasteiger partial charge in [0.2, 0.25) is 0 Å². The first-order valence-electron chi connectivity index (χ1n) is 6.93. The summed E-state index contributed by atoms with van der Waals surface area (Å²) in [6.45, 7) is 8.22. The van der Waals surface area contributed by atoms with Crippen LogP contribution in [0.2, 0.25) is 0 Å². The van der Waals surface area contributed by atoms with Gasteiger partial charge in [0.05, 0.1) is 7.11 Å². The van der Waals surface area contributed by atoms with Crippen LogP contribution >= 0.6 is 0 Å². The predicted molar refractivity (Wildman–Crippen MR) is 83.7 cm³/mol. The fourth-order valence-electron chi connectivity index (χ4n) is 2.64. The summed E-state index contributed by atoms with van der Waals surface area (Å²) in [5.41, 5.74) is 5.01. The standard InChI is InChI=1S/C18H22O2/c1-11(2)14-8-6-7-9-15(14)17-13(4)16(20-5)10-12(3)18(17)19/h6-11,19H,1-5H3. The Kier molecular flexibility index (Phi) is 4.03. The van der Waals surface area contributed by atoms with Gasteiger partial charge in [-0.25, -0.2) is 0 Å². The number of methoxy groups -OCH3 is 1. The van der Waals surface area contributed by atoms with E-state index in [1.165, 1.54) is 5.56 Å². The fraction of sp³-hybridized carbons (Fsp3) is 0.333. The zero-order chi connectivity index (χ0) is 14.9. The molecule has 1 N–H and O–H groups in total. The lowest BCUT2D eigenvalue weighted by atomic mass is 9.88. The average molecular weight is 270 g/mol. The first kappa shape index (κ1) is 14.4. The average Bonchev–Trinajstić information content (AvgIpc) is 2.43. The number of ether oxygens (including phenoxy) is 1. The molecule has 0 saturated carbocycles. The molecule has 0 amide bonds. The highest BCUT2D eigenvalue weighted by atomic mass is 16.5. The Hall–Kier alpha value is -1.96. The van der Waals surface area contributed by atoms with Gasteiger partial charge in [-0.05, 0) is 42.5 Å². The van der Waals surface area contributed by atoms with E-state index in [0.717, 1.165) is 28.0 Å². The highest BCUT2D eigenvalue weighted by molar-refractivity contribution is 5.80. The van der Waals surface area contributed by atoms with Gasteiger partial charge >= 0.3 is 0 Å². The van der Waals surface area contributed by atoms with Crippen molar-refractivity contribution >= 4 is 0 Å². The third-order valence-corrected chi connectivity index (χ3v) is 3.77. The van der Waals surface area contributed by atoms with Crippen LogP contribution in [0, 0.1) is 13.8 Å².